The number of ether oxygens (including phenoxy) is 1. The van der Waals surface area contributed by atoms with E-state index in [4.69, 9.17) is 4.74 Å². The summed E-state index contributed by atoms with van der Waals surface area (Å²) in [6.07, 6.45) is 4.22. The van der Waals surface area contributed by atoms with E-state index in [0.29, 0.717) is 24.1 Å². The van der Waals surface area contributed by atoms with Gasteiger partial charge in [0.15, 0.2) is 5.65 Å². The predicted molar refractivity (Wildman–Crippen MR) is 77.0 cm³/mol. The quantitative estimate of drug-likeness (QED) is 0.792. The van der Waals surface area contributed by atoms with Crippen molar-refractivity contribution in [2.45, 2.75) is 25.8 Å². The van der Waals surface area contributed by atoms with Crippen LogP contribution in [0.25, 0.3) is 11.2 Å². The van der Waals surface area contributed by atoms with Crippen LogP contribution < -0.4 is 10.1 Å². The number of likely N-dealkylation sites (N-methyl/N-ethyl adjacent to an activating group) is 1. The lowest BCUT2D eigenvalue weighted by atomic mass is 10.5. The first-order chi connectivity index (χ1) is 9.78. The van der Waals surface area contributed by atoms with Crippen molar-refractivity contribution in [1.29, 1.82) is 0 Å². The first kappa shape index (κ1) is 13.1. The van der Waals surface area contributed by atoms with Gasteiger partial charge >= 0.3 is 0 Å². The van der Waals surface area contributed by atoms with Crippen LogP contribution in [0.5, 0.6) is 5.88 Å². The van der Waals surface area contributed by atoms with Crippen LogP contribution in [-0.2, 0) is 0 Å². The molecule has 7 heteroatoms. The van der Waals surface area contributed by atoms with Crippen molar-refractivity contribution in [1.82, 2.24) is 24.8 Å². The summed E-state index contributed by atoms with van der Waals surface area (Å²) >= 11 is 0. The average Bonchev–Trinajstić information content (AvgIpc) is 3.18. The highest BCUT2D eigenvalue weighted by molar-refractivity contribution is 5.76. The van der Waals surface area contributed by atoms with Crippen molar-refractivity contribution < 1.29 is 4.74 Å². The molecule has 0 atom stereocenters. The molecule has 0 spiro atoms. The van der Waals surface area contributed by atoms with Gasteiger partial charge < -0.3 is 19.9 Å². The van der Waals surface area contributed by atoms with Crippen LogP contribution in [0.1, 0.15) is 19.8 Å². The normalized spacial score (nSPS) is 14.9. The molecular weight excluding hydrogens is 256 g/mol. The van der Waals surface area contributed by atoms with Crippen LogP contribution in [-0.4, -0.2) is 57.6 Å². The third kappa shape index (κ3) is 2.82. The molecule has 0 aliphatic heterocycles. The van der Waals surface area contributed by atoms with Gasteiger partial charge in [0.1, 0.15) is 12.1 Å². The number of rotatable bonds is 7. The molecule has 3 rings (SSSR count). The van der Waals surface area contributed by atoms with Crippen molar-refractivity contribution >= 4 is 17.1 Å². The second-order valence-corrected chi connectivity index (χ2v) is 5.04. The molecule has 0 unspecified atom stereocenters. The largest absolute Gasteiger partial charge is 0.475 e. The van der Waals surface area contributed by atoms with Gasteiger partial charge in [-0.15, -0.1) is 0 Å². The SMILES string of the molecule is CCNc1nc(OCCN(C)C2CC2)c2[nH]cnc2n1. The fourth-order valence-corrected chi connectivity index (χ4v) is 2.13. The molecule has 0 aromatic carbocycles. The Morgan fingerprint density at radius 1 is 1.45 bits per heavy atom. The monoisotopic (exact) mass is 276 g/mol. The Morgan fingerprint density at radius 3 is 3.05 bits per heavy atom. The zero-order valence-electron chi connectivity index (χ0n) is 11.9. The molecule has 2 aromatic heterocycles. The molecule has 0 amide bonds. The Kier molecular flexibility index (Phi) is 3.68. The summed E-state index contributed by atoms with van der Waals surface area (Å²) in [6.45, 7) is 4.29. The van der Waals surface area contributed by atoms with E-state index < -0.39 is 0 Å². The maximum absolute atomic E-state index is 5.81. The summed E-state index contributed by atoms with van der Waals surface area (Å²) in [4.78, 5) is 18.2. The number of hydrogen-bond acceptors (Lipinski definition) is 6. The highest BCUT2D eigenvalue weighted by atomic mass is 16.5. The number of nitrogens with one attached hydrogen (secondary N) is 2. The summed E-state index contributed by atoms with van der Waals surface area (Å²) < 4.78 is 5.81. The molecule has 2 N–H and O–H groups in total. The van der Waals surface area contributed by atoms with Crippen molar-refractivity contribution in [3.63, 3.8) is 0 Å². The second kappa shape index (κ2) is 5.62. The number of imidazole rings is 1. The summed E-state index contributed by atoms with van der Waals surface area (Å²) in [5, 5.41) is 3.09. The zero-order valence-corrected chi connectivity index (χ0v) is 11.9. The van der Waals surface area contributed by atoms with Crippen molar-refractivity contribution in [3.8, 4) is 5.88 Å². The Labute approximate surface area is 117 Å². The van der Waals surface area contributed by atoms with Crippen molar-refractivity contribution in [2.75, 3.05) is 32.1 Å². The Hall–Kier alpha value is -1.89. The van der Waals surface area contributed by atoms with Gasteiger partial charge in [-0.3, -0.25) is 0 Å². The van der Waals surface area contributed by atoms with Gasteiger partial charge in [-0.1, -0.05) is 0 Å². The van der Waals surface area contributed by atoms with E-state index in [0.717, 1.165) is 24.6 Å². The molecule has 1 aliphatic carbocycles. The molecule has 1 saturated carbocycles. The van der Waals surface area contributed by atoms with E-state index in [-0.39, 0.29) is 0 Å². The van der Waals surface area contributed by atoms with E-state index in [9.17, 15) is 0 Å². The standard InChI is InChI=1S/C13H20N6O/c1-3-14-13-17-11-10(15-8-16-11)12(18-13)20-7-6-19(2)9-4-5-9/h8-9H,3-7H2,1-2H3,(H2,14,15,16,17,18). The lowest BCUT2D eigenvalue weighted by molar-refractivity contribution is 0.228. The Morgan fingerprint density at radius 2 is 2.30 bits per heavy atom. The number of aromatic nitrogens is 4. The second-order valence-electron chi connectivity index (χ2n) is 5.04. The van der Waals surface area contributed by atoms with Crippen LogP contribution in [0.4, 0.5) is 5.95 Å². The van der Waals surface area contributed by atoms with E-state index in [1.54, 1.807) is 6.33 Å². The highest BCUT2D eigenvalue weighted by Gasteiger charge is 2.25. The Bertz CT molecular complexity index is 579. The molecule has 1 fully saturated rings. The van der Waals surface area contributed by atoms with Gasteiger partial charge in [-0.2, -0.15) is 9.97 Å². The predicted octanol–water partition coefficient (Wildman–Crippen LogP) is 1.26. The summed E-state index contributed by atoms with van der Waals surface area (Å²) in [5.41, 5.74) is 1.38. The number of aromatic amines is 1. The number of nitrogens with zero attached hydrogens (tertiary/aromatic N) is 4. The summed E-state index contributed by atoms with van der Waals surface area (Å²) in [5.74, 6) is 1.12. The number of anilines is 1. The van der Waals surface area contributed by atoms with Gasteiger partial charge in [0, 0.05) is 19.1 Å². The van der Waals surface area contributed by atoms with E-state index in [1.165, 1.54) is 12.8 Å². The molecule has 1 aliphatic rings. The molecule has 7 nitrogen and oxygen atoms in total. The molecule has 0 bridgehead atoms. The van der Waals surface area contributed by atoms with Crippen LogP contribution in [0, 0.1) is 0 Å². The fraction of sp³-hybridized carbons (Fsp3) is 0.615. The van der Waals surface area contributed by atoms with Crippen LogP contribution >= 0.6 is 0 Å². The van der Waals surface area contributed by atoms with Gasteiger partial charge in [0.25, 0.3) is 0 Å². The molecule has 20 heavy (non-hydrogen) atoms. The average molecular weight is 276 g/mol. The fourth-order valence-electron chi connectivity index (χ4n) is 2.13. The van der Waals surface area contributed by atoms with Crippen LogP contribution in [0.15, 0.2) is 6.33 Å². The number of fused-ring (bicyclic) bond motifs is 1. The topological polar surface area (TPSA) is 79.0 Å². The highest BCUT2D eigenvalue weighted by Crippen LogP contribution is 2.25. The van der Waals surface area contributed by atoms with Crippen molar-refractivity contribution in [3.05, 3.63) is 6.33 Å². The van der Waals surface area contributed by atoms with E-state index in [1.807, 2.05) is 6.92 Å². The third-order valence-electron chi connectivity index (χ3n) is 3.44. The zero-order chi connectivity index (χ0) is 13.9. The van der Waals surface area contributed by atoms with E-state index >= 15 is 0 Å². The van der Waals surface area contributed by atoms with Gasteiger partial charge in [0.05, 0.1) is 6.33 Å². The number of H-pyrrole nitrogens is 1. The molecular formula is C13H20N6O. The molecule has 0 radical (unpaired) electrons. The number of hydrogen-bond donors (Lipinski definition) is 2. The maximum atomic E-state index is 5.81. The lowest BCUT2D eigenvalue weighted by Crippen LogP contribution is -2.26. The van der Waals surface area contributed by atoms with Gasteiger partial charge in [0.2, 0.25) is 11.8 Å². The first-order valence-electron chi connectivity index (χ1n) is 7.06. The Balaban J connectivity index is 1.69. The molecule has 0 saturated heterocycles. The molecule has 108 valence electrons. The minimum absolute atomic E-state index is 0.553. The smallest absolute Gasteiger partial charge is 0.245 e. The van der Waals surface area contributed by atoms with Gasteiger partial charge in [-0.05, 0) is 26.8 Å². The molecule has 2 heterocycles. The van der Waals surface area contributed by atoms with Crippen molar-refractivity contribution in [2.24, 2.45) is 0 Å². The molecule has 2 aromatic rings. The summed E-state index contributed by atoms with van der Waals surface area (Å²) in [7, 11) is 2.14. The lowest BCUT2D eigenvalue weighted by Gasteiger charge is -2.15. The first-order valence-corrected chi connectivity index (χ1v) is 7.06. The van der Waals surface area contributed by atoms with E-state index in [2.05, 4.69) is 37.2 Å². The van der Waals surface area contributed by atoms with Crippen LogP contribution in [0.2, 0.25) is 0 Å². The van der Waals surface area contributed by atoms with Crippen LogP contribution in [0.3, 0.4) is 0 Å². The summed E-state index contributed by atoms with van der Waals surface area (Å²) in [6, 6.07) is 0.744. The third-order valence-corrected chi connectivity index (χ3v) is 3.44. The van der Waals surface area contributed by atoms with Gasteiger partial charge in [-0.25, -0.2) is 4.98 Å². The maximum Gasteiger partial charge on any atom is 0.245 e. The minimum Gasteiger partial charge on any atom is -0.475 e. The minimum atomic E-state index is 0.553.